The van der Waals surface area contributed by atoms with Gasteiger partial charge in [0.15, 0.2) is 10.2 Å². The van der Waals surface area contributed by atoms with Crippen molar-refractivity contribution in [3.8, 4) is 0 Å². The zero-order chi connectivity index (χ0) is 15.5. The Morgan fingerprint density at radius 3 is 2.45 bits per heavy atom. The summed E-state index contributed by atoms with van der Waals surface area (Å²) in [5.74, 6) is -0.330. The summed E-state index contributed by atoms with van der Waals surface area (Å²) in [5.41, 5.74) is -0.612. The Morgan fingerprint density at radius 1 is 1.35 bits per heavy atom. The fourth-order valence-corrected chi connectivity index (χ4v) is 2.24. The van der Waals surface area contributed by atoms with Gasteiger partial charge in [-0.25, -0.2) is 9.78 Å². The topological polar surface area (TPSA) is 80.3 Å². The van der Waals surface area contributed by atoms with Gasteiger partial charge in [-0.1, -0.05) is 22.9 Å². The average molecular weight is 320 g/mol. The number of amides is 2. The van der Waals surface area contributed by atoms with Gasteiger partial charge in [-0.3, -0.25) is 10.1 Å². The molecular weight excluding hydrogens is 302 g/mol. The molecule has 1 aromatic rings. The lowest BCUT2D eigenvalue weighted by atomic mass is 10.2. The number of hydrogen-bond acceptors (Lipinski definition) is 5. The van der Waals surface area contributed by atoms with Crippen molar-refractivity contribution >= 4 is 39.9 Å². The van der Waals surface area contributed by atoms with Crippen LogP contribution in [0.2, 0.25) is 5.15 Å². The predicted molar refractivity (Wildman–Crippen MR) is 79.6 cm³/mol. The van der Waals surface area contributed by atoms with Gasteiger partial charge in [0.1, 0.15) is 10.6 Å². The summed E-state index contributed by atoms with van der Waals surface area (Å²) in [4.78, 5) is 27.3. The number of carbonyl (C=O) groups is 2. The van der Waals surface area contributed by atoms with E-state index in [9.17, 15) is 9.59 Å². The van der Waals surface area contributed by atoms with E-state index < -0.39 is 11.7 Å². The Balaban J connectivity index is 2.76. The van der Waals surface area contributed by atoms with Gasteiger partial charge in [-0.15, -0.1) is 0 Å². The third-order valence-electron chi connectivity index (χ3n) is 1.81. The first-order valence-electron chi connectivity index (χ1n) is 6.05. The van der Waals surface area contributed by atoms with Crippen LogP contribution in [-0.2, 0) is 4.74 Å². The highest BCUT2D eigenvalue weighted by atomic mass is 35.5. The quantitative estimate of drug-likeness (QED) is 0.896. The molecular formula is C12H18ClN3O3S. The fourth-order valence-electron chi connectivity index (χ4n) is 1.20. The van der Waals surface area contributed by atoms with Crippen molar-refractivity contribution in [1.29, 1.82) is 0 Å². The zero-order valence-corrected chi connectivity index (χ0v) is 13.6. The van der Waals surface area contributed by atoms with Crippen LogP contribution >= 0.6 is 22.9 Å². The van der Waals surface area contributed by atoms with Gasteiger partial charge in [0, 0.05) is 6.04 Å². The Kier molecular flexibility index (Phi) is 5.35. The molecule has 0 bridgehead atoms. The molecule has 20 heavy (non-hydrogen) atoms. The lowest BCUT2D eigenvalue weighted by Crippen LogP contribution is -2.29. The molecule has 1 rings (SSSR count). The summed E-state index contributed by atoms with van der Waals surface area (Å²) in [6.07, 6.45) is -0.640. The first-order chi connectivity index (χ1) is 9.08. The van der Waals surface area contributed by atoms with Gasteiger partial charge in [0.05, 0.1) is 0 Å². The van der Waals surface area contributed by atoms with Crippen LogP contribution in [0.5, 0.6) is 0 Å². The number of hydrogen-bond donors (Lipinski definition) is 2. The maximum Gasteiger partial charge on any atom is 0.412 e. The van der Waals surface area contributed by atoms with E-state index in [1.165, 1.54) is 0 Å². The number of rotatable bonds is 3. The lowest BCUT2D eigenvalue weighted by Gasteiger charge is -2.19. The SMILES string of the molecule is CC(C)NC(=O)c1nc(Cl)c(NC(=O)OC(C)(C)C)s1. The molecule has 0 spiro atoms. The molecule has 0 radical (unpaired) electrons. The second-order valence-corrected chi connectivity index (χ2v) is 6.75. The highest BCUT2D eigenvalue weighted by Crippen LogP contribution is 2.29. The van der Waals surface area contributed by atoms with Crippen LogP contribution in [0, 0.1) is 0 Å². The Morgan fingerprint density at radius 2 is 1.95 bits per heavy atom. The van der Waals surface area contributed by atoms with E-state index in [4.69, 9.17) is 16.3 Å². The molecule has 112 valence electrons. The van der Waals surface area contributed by atoms with Gasteiger partial charge >= 0.3 is 6.09 Å². The number of thiazole rings is 1. The minimum Gasteiger partial charge on any atom is -0.444 e. The van der Waals surface area contributed by atoms with Gasteiger partial charge in [-0.05, 0) is 34.6 Å². The van der Waals surface area contributed by atoms with Crippen LogP contribution in [-0.4, -0.2) is 28.6 Å². The number of anilines is 1. The second kappa shape index (κ2) is 6.41. The maximum absolute atomic E-state index is 11.8. The molecule has 6 nitrogen and oxygen atoms in total. The van der Waals surface area contributed by atoms with Gasteiger partial charge in [-0.2, -0.15) is 0 Å². The number of ether oxygens (including phenoxy) is 1. The second-order valence-electron chi connectivity index (χ2n) is 5.39. The Hall–Kier alpha value is -1.34. The van der Waals surface area contributed by atoms with Crippen molar-refractivity contribution in [2.45, 2.75) is 46.3 Å². The summed E-state index contributed by atoms with van der Waals surface area (Å²) >= 11 is 6.89. The van der Waals surface area contributed by atoms with Crippen LogP contribution < -0.4 is 10.6 Å². The van der Waals surface area contributed by atoms with Crippen LogP contribution in [0.3, 0.4) is 0 Å². The number of nitrogens with zero attached hydrogens (tertiary/aromatic N) is 1. The molecule has 0 aliphatic rings. The fraction of sp³-hybridized carbons (Fsp3) is 0.583. The highest BCUT2D eigenvalue weighted by molar-refractivity contribution is 7.18. The molecule has 0 aliphatic carbocycles. The summed E-state index contributed by atoms with van der Waals surface area (Å²) in [5, 5.41) is 5.72. The summed E-state index contributed by atoms with van der Waals surface area (Å²) < 4.78 is 5.10. The first-order valence-corrected chi connectivity index (χ1v) is 7.25. The molecule has 0 saturated carbocycles. The van der Waals surface area contributed by atoms with E-state index in [0.717, 1.165) is 11.3 Å². The highest BCUT2D eigenvalue weighted by Gasteiger charge is 2.21. The first kappa shape index (κ1) is 16.7. The number of aromatic nitrogens is 1. The summed E-state index contributed by atoms with van der Waals surface area (Å²) in [7, 11) is 0. The van der Waals surface area contributed by atoms with E-state index >= 15 is 0 Å². The van der Waals surface area contributed by atoms with E-state index in [0.29, 0.717) is 0 Å². The van der Waals surface area contributed by atoms with Crippen molar-refractivity contribution in [1.82, 2.24) is 10.3 Å². The molecule has 0 atom stereocenters. The van der Waals surface area contributed by atoms with Gasteiger partial charge in [0.25, 0.3) is 5.91 Å². The van der Waals surface area contributed by atoms with E-state index in [1.807, 2.05) is 13.8 Å². The van der Waals surface area contributed by atoms with Crippen LogP contribution in [0.1, 0.15) is 44.4 Å². The Labute approximate surface area is 126 Å². The molecule has 1 heterocycles. The van der Waals surface area contributed by atoms with E-state index in [2.05, 4.69) is 15.6 Å². The monoisotopic (exact) mass is 319 g/mol. The van der Waals surface area contributed by atoms with Gasteiger partial charge in [0.2, 0.25) is 0 Å². The Bertz CT molecular complexity index is 509. The molecule has 0 aromatic carbocycles. The van der Waals surface area contributed by atoms with Gasteiger partial charge < -0.3 is 10.1 Å². The smallest absolute Gasteiger partial charge is 0.412 e. The molecule has 0 aliphatic heterocycles. The largest absolute Gasteiger partial charge is 0.444 e. The lowest BCUT2D eigenvalue weighted by molar-refractivity contribution is 0.0636. The van der Waals surface area contributed by atoms with Crippen molar-refractivity contribution in [3.63, 3.8) is 0 Å². The minimum absolute atomic E-state index is 0.00700. The predicted octanol–water partition coefficient (Wildman–Crippen LogP) is 3.28. The number of nitrogens with one attached hydrogen (secondary N) is 2. The molecule has 1 aromatic heterocycles. The zero-order valence-electron chi connectivity index (χ0n) is 12.0. The minimum atomic E-state index is -0.640. The maximum atomic E-state index is 11.8. The van der Waals surface area contributed by atoms with Crippen molar-refractivity contribution in [3.05, 3.63) is 10.2 Å². The number of halogens is 1. The molecule has 0 unspecified atom stereocenters. The molecule has 0 saturated heterocycles. The third-order valence-corrected chi connectivity index (χ3v) is 3.17. The molecule has 0 fully saturated rings. The third kappa shape index (κ3) is 5.34. The van der Waals surface area contributed by atoms with Crippen molar-refractivity contribution in [2.24, 2.45) is 0 Å². The standard InChI is InChI=1S/C12H18ClN3O3S/c1-6(2)14-8(17)10-15-7(13)9(20-10)16-11(18)19-12(3,4)5/h6H,1-5H3,(H,14,17)(H,16,18). The number of carbonyl (C=O) groups excluding carboxylic acids is 2. The molecule has 2 N–H and O–H groups in total. The van der Waals surface area contributed by atoms with Crippen LogP contribution in [0.4, 0.5) is 9.80 Å². The van der Waals surface area contributed by atoms with Crippen molar-refractivity contribution < 1.29 is 14.3 Å². The van der Waals surface area contributed by atoms with E-state index in [1.54, 1.807) is 20.8 Å². The average Bonchev–Trinajstić information content (AvgIpc) is 2.56. The van der Waals surface area contributed by atoms with Crippen LogP contribution in [0.25, 0.3) is 0 Å². The molecule has 8 heteroatoms. The summed E-state index contributed by atoms with van der Waals surface area (Å²) in [6, 6.07) is -0.00700. The van der Waals surface area contributed by atoms with Crippen molar-refractivity contribution in [2.75, 3.05) is 5.32 Å². The van der Waals surface area contributed by atoms with Crippen LogP contribution in [0.15, 0.2) is 0 Å². The van der Waals surface area contributed by atoms with E-state index in [-0.39, 0.29) is 27.1 Å². The molecule has 2 amide bonds. The normalized spacial score (nSPS) is 11.3. The summed E-state index contributed by atoms with van der Waals surface area (Å²) in [6.45, 7) is 8.94.